The molecule has 0 atom stereocenters. The first-order chi connectivity index (χ1) is 7.29. The first-order valence-corrected chi connectivity index (χ1v) is 5.35. The summed E-state index contributed by atoms with van der Waals surface area (Å²) in [4.78, 5) is 12.3. The van der Waals surface area contributed by atoms with Crippen LogP contribution in [0.3, 0.4) is 0 Å². The lowest BCUT2D eigenvalue weighted by Gasteiger charge is -2.01. The summed E-state index contributed by atoms with van der Waals surface area (Å²) >= 11 is 2.15. The molecule has 15 heavy (non-hydrogen) atoms. The van der Waals surface area contributed by atoms with E-state index in [0.717, 1.165) is 15.0 Å². The molecule has 0 aliphatic heterocycles. The zero-order chi connectivity index (χ0) is 10.7. The molecule has 0 saturated heterocycles. The maximum absolute atomic E-state index is 4.98. The molecule has 2 aromatic rings. The van der Waals surface area contributed by atoms with E-state index in [1.165, 1.54) is 0 Å². The van der Waals surface area contributed by atoms with Crippen LogP contribution < -0.4 is 4.74 Å². The van der Waals surface area contributed by atoms with Gasteiger partial charge in [-0.1, -0.05) is 0 Å². The molecule has 0 aliphatic carbocycles. The van der Waals surface area contributed by atoms with Gasteiger partial charge in [0.15, 0.2) is 0 Å². The second-order valence-electron chi connectivity index (χ2n) is 2.82. The van der Waals surface area contributed by atoms with E-state index < -0.39 is 0 Å². The lowest BCUT2D eigenvalue weighted by Crippen LogP contribution is -1.90. The molecule has 76 valence electrons. The summed E-state index contributed by atoms with van der Waals surface area (Å²) in [6, 6.07) is 5.64. The van der Waals surface area contributed by atoms with E-state index in [2.05, 4.69) is 37.5 Å². The van der Waals surface area contributed by atoms with E-state index in [9.17, 15) is 0 Å². The summed E-state index contributed by atoms with van der Waals surface area (Å²) in [6.07, 6.45) is 3.28. The normalized spacial score (nSPS) is 10.0. The summed E-state index contributed by atoms with van der Waals surface area (Å²) in [5, 5.41) is 0. The molecule has 0 radical (unpaired) electrons. The van der Waals surface area contributed by atoms with Crippen LogP contribution in [0.25, 0.3) is 11.3 Å². The van der Waals surface area contributed by atoms with Gasteiger partial charge in [-0.05, 0) is 34.7 Å². The third-order valence-corrected chi connectivity index (χ3v) is 2.46. The van der Waals surface area contributed by atoms with E-state index in [-0.39, 0.29) is 0 Å². The summed E-state index contributed by atoms with van der Waals surface area (Å²) in [5.74, 6) is 0.600. The summed E-state index contributed by atoms with van der Waals surface area (Å²) in [7, 11) is 1.59. The molecule has 2 rings (SSSR count). The minimum absolute atomic E-state index is 0.600. The van der Waals surface area contributed by atoms with Gasteiger partial charge in [-0.25, -0.2) is 15.0 Å². The van der Waals surface area contributed by atoms with Crippen LogP contribution >= 0.6 is 22.6 Å². The van der Waals surface area contributed by atoms with Crippen LogP contribution in [0.5, 0.6) is 5.88 Å². The van der Waals surface area contributed by atoms with Gasteiger partial charge < -0.3 is 4.74 Å². The van der Waals surface area contributed by atoms with Crippen molar-refractivity contribution in [3.8, 4) is 17.1 Å². The average Bonchev–Trinajstić information content (AvgIpc) is 2.29. The number of hydrogen-bond acceptors (Lipinski definition) is 4. The molecule has 0 unspecified atom stereocenters. The van der Waals surface area contributed by atoms with Crippen molar-refractivity contribution >= 4 is 22.6 Å². The number of aromatic nitrogens is 3. The smallest absolute Gasteiger partial charge is 0.212 e. The first-order valence-electron chi connectivity index (χ1n) is 4.27. The lowest BCUT2D eigenvalue weighted by molar-refractivity contribution is 0.398. The zero-order valence-electron chi connectivity index (χ0n) is 8.01. The Hall–Kier alpha value is -1.24. The van der Waals surface area contributed by atoms with Crippen molar-refractivity contribution in [1.29, 1.82) is 0 Å². The molecule has 0 bridgehead atoms. The Balaban J connectivity index is 2.37. The van der Waals surface area contributed by atoms with Gasteiger partial charge in [0.2, 0.25) is 5.88 Å². The van der Waals surface area contributed by atoms with E-state index >= 15 is 0 Å². The highest BCUT2D eigenvalue weighted by atomic mass is 127. The fraction of sp³-hybridized carbons (Fsp3) is 0.100. The third-order valence-electron chi connectivity index (χ3n) is 1.87. The molecule has 2 aromatic heterocycles. The molecule has 2 heterocycles. The Bertz CT molecular complexity index is 458. The van der Waals surface area contributed by atoms with Crippen molar-refractivity contribution in [2.75, 3.05) is 7.11 Å². The molecule has 0 amide bonds. The van der Waals surface area contributed by atoms with E-state index in [4.69, 9.17) is 4.74 Å². The van der Waals surface area contributed by atoms with E-state index in [1.54, 1.807) is 19.6 Å². The molecular formula is C10H8IN3O. The molecule has 0 spiro atoms. The second-order valence-corrected chi connectivity index (χ2v) is 3.92. The SMILES string of the molecule is COc1ccc(-c2cc(I)ncn2)cn1. The van der Waals surface area contributed by atoms with Crippen LogP contribution in [0.2, 0.25) is 0 Å². The van der Waals surface area contributed by atoms with Crippen molar-refractivity contribution in [2.45, 2.75) is 0 Å². The summed E-state index contributed by atoms with van der Waals surface area (Å²) in [6.45, 7) is 0. The number of halogens is 1. The van der Waals surface area contributed by atoms with Gasteiger partial charge in [-0.15, -0.1) is 0 Å². The second kappa shape index (κ2) is 4.52. The fourth-order valence-corrected chi connectivity index (χ4v) is 1.56. The van der Waals surface area contributed by atoms with Gasteiger partial charge in [0.25, 0.3) is 0 Å². The van der Waals surface area contributed by atoms with Crippen molar-refractivity contribution in [2.24, 2.45) is 0 Å². The van der Waals surface area contributed by atoms with Crippen molar-refractivity contribution < 1.29 is 4.74 Å². The van der Waals surface area contributed by atoms with Gasteiger partial charge in [-0.2, -0.15) is 0 Å². The van der Waals surface area contributed by atoms with E-state index in [0.29, 0.717) is 5.88 Å². The number of pyridine rings is 1. The first kappa shape index (κ1) is 10.3. The molecule has 5 heteroatoms. The predicted molar refractivity (Wildman–Crippen MR) is 64.5 cm³/mol. The monoisotopic (exact) mass is 313 g/mol. The number of hydrogen-bond donors (Lipinski definition) is 0. The van der Waals surface area contributed by atoms with Gasteiger partial charge in [0.05, 0.1) is 12.8 Å². The van der Waals surface area contributed by atoms with Crippen LogP contribution in [-0.4, -0.2) is 22.1 Å². The maximum Gasteiger partial charge on any atom is 0.212 e. The van der Waals surface area contributed by atoms with Crippen LogP contribution in [-0.2, 0) is 0 Å². The quantitative estimate of drug-likeness (QED) is 0.630. The maximum atomic E-state index is 4.98. The molecule has 0 aromatic carbocycles. The topological polar surface area (TPSA) is 47.9 Å². The Morgan fingerprint density at radius 2 is 2.07 bits per heavy atom. The molecule has 0 N–H and O–H groups in total. The highest BCUT2D eigenvalue weighted by molar-refractivity contribution is 14.1. The third kappa shape index (κ3) is 2.41. The standard InChI is InChI=1S/C10H8IN3O/c1-15-10-3-2-7(5-12-10)8-4-9(11)14-6-13-8/h2-6H,1H3. The largest absolute Gasteiger partial charge is 0.481 e. The molecule has 0 saturated carbocycles. The minimum Gasteiger partial charge on any atom is -0.481 e. The van der Waals surface area contributed by atoms with Crippen LogP contribution in [0.4, 0.5) is 0 Å². The number of nitrogens with zero attached hydrogens (tertiary/aromatic N) is 3. The van der Waals surface area contributed by atoms with Crippen molar-refractivity contribution in [1.82, 2.24) is 15.0 Å². The van der Waals surface area contributed by atoms with Gasteiger partial charge in [0, 0.05) is 17.8 Å². The van der Waals surface area contributed by atoms with Crippen molar-refractivity contribution in [3.05, 3.63) is 34.4 Å². The van der Waals surface area contributed by atoms with Crippen LogP contribution in [0.15, 0.2) is 30.7 Å². The molecule has 0 aliphatic rings. The Kier molecular flexibility index (Phi) is 3.10. The minimum atomic E-state index is 0.600. The Labute approximate surface area is 101 Å². The van der Waals surface area contributed by atoms with Crippen LogP contribution in [0, 0.1) is 3.70 Å². The fourth-order valence-electron chi connectivity index (χ4n) is 1.14. The van der Waals surface area contributed by atoms with Gasteiger partial charge in [0.1, 0.15) is 10.0 Å². The van der Waals surface area contributed by atoms with E-state index in [1.807, 2.05) is 18.2 Å². The Morgan fingerprint density at radius 3 is 2.67 bits per heavy atom. The highest BCUT2D eigenvalue weighted by Gasteiger charge is 2.01. The van der Waals surface area contributed by atoms with Gasteiger partial charge in [-0.3, -0.25) is 0 Å². The van der Waals surface area contributed by atoms with Crippen molar-refractivity contribution in [3.63, 3.8) is 0 Å². The predicted octanol–water partition coefficient (Wildman–Crippen LogP) is 2.15. The van der Waals surface area contributed by atoms with Gasteiger partial charge >= 0.3 is 0 Å². The van der Waals surface area contributed by atoms with Crippen LogP contribution in [0.1, 0.15) is 0 Å². The lowest BCUT2D eigenvalue weighted by atomic mass is 10.2. The molecule has 0 fully saturated rings. The Morgan fingerprint density at radius 1 is 1.20 bits per heavy atom. The number of methoxy groups -OCH3 is 1. The average molecular weight is 313 g/mol. The highest BCUT2D eigenvalue weighted by Crippen LogP contribution is 2.18. The zero-order valence-corrected chi connectivity index (χ0v) is 10.2. The summed E-state index contributed by atoms with van der Waals surface area (Å²) in [5.41, 5.74) is 1.82. The summed E-state index contributed by atoms with van der Waals surface area (Å²) < 4.78 is 5.89. The molecular weight excluding hydrogens is 305 g/mol. The number of ether oxygens (including phenoxy) is 1. The molecule has 4 nitrogen and oxygen atoms in total. The number of rotatable bonds is 2.